The maximum absolute atomic E-state index is 13.1. The number of carbonyl (C=O) groups excluding carboxylic acids is 1. The van der Waals surface area contributed by atoms with Gasteiger partial charge in [0.2, 0.25) is 0 Å². The molecule has 0 aliphatic heterocycles. The number of hydrogen-bond acceptors (Lipinski definition) is 5. The largest absolute Gasteiger partial charge is 0.480 e. The van der Waals surface area contributed by atoms with Gasteiger partial charge in [0.05, 0.1) is 21.2 Å². The average molecular weight is 561 g/mol. The molecular weight excluding hydrogens is 541 g/mol. The zero-order chi connectivity index (χ0) is 26.7. The van der Waals surface area contributed by atoms with Gasteiger partial charge in [0.25, 0.3) is 15.9 Å². The van der Waals surface area contributed by atoms with Crippen molar-refractivity contribution in [1.29, 1.82) is 0 Å². The van der Waals surface area contributed by atoms with E-state index in [2.05, 4.69) is 0 Å². The third kappa shape index (κ3) is 6.77. The van der Waals surface area contributed by atoms with Crippen molar-refractivity contribution in [2.24, 2.45) is 0 Å². The summed E-state index contributed by atoms with van der Waals surface area (Å²) in [4.78, 5) is 25.5. The van der Waals surface area contributed by atoms with Crippen molar-refractivity contribution in [3.8, 4) is 0 Å². The lowest BCUT2D eigenvalue weighted by atomic mass is 10.1. The lowest BCUT2D eigenvalue weighted by molar-refractivity contribution is -0.138. The molecule has 0 saturated heterocycles. The number of hydrogen-bond donors (Lipinski definition) is 2. The van der Waals surface area contributed by atoms with Crippen LogP contribution >= 0.6 is 22.9 Å². The van der Waals surface area contributed by atoms with Crippen molar-refractivity contribution in [3.63, 3.8) is 0 Å². The van der Waals surface area contributed by atoms with Crippen molar-refractivity contribution in [1.82, 2.24) is 4.90 Å². The maximum Gasteiger partial charge on any atom is 0.416 e. The highest BCUT2D eigenvalue weighted by molar-refractivity contribution is 7.94. The molecule has 192 valence electrons. The molecule has 3 rings (SSSR count). The van der Waals surface area contributed by atoms with Crippen LogP contribution in [0.1, 0.15) is 26.4 Å². The van der Waals surface area contributed by atoms with Crippen molar-refractivity contribution in [2.75, 3.05) is 17.8 Å². The first-order valence-electron chi connectivity index (χ1n) is 10.3. The highest BCUT2D eigenvalue weighted by atomic mass is 35.5. The molecule has 0 aliphatic rings. The lowest BCUT2D eigenvalue weighted by Crippen LogP contribution is -2.36. The standard InChI is InChI=1S/C23H20ClF3N2O5S2/c1-14-11-19(21(32)29(13-20(30)31)10-9-15-5-3-2-4-6-15)35-22(14)36(33,34)28-18-12-16(23(25,26)27)7-8-17(18)24/h2-8,11-12,28H,9-10,13H2,1H3,(H,30,31). The van der Waals surface area contributed by atoms with Crippen LogP contribution in [-0.4, -0.2) is 43.4 Å². The molecule has 36 heavy (non-hydrogen) atoms. The molecule has 0 aliphatic carbocycles. The number of alkyl halides is 3. The predicted molar refractivity (Wildman–Crippen MR) is 130 cm³/mol. The second kappa shape index (κ2) is 10.9. The van der Waals surface area contributed by atoms with E-state index in [1.807, 2.05) is 35.1 Å². The molecule has 0 fully saturated rings. The molecule has 1 aromatic heterocycles. The monoisotopic (exact) mass is 560 g/mol. The van der Waals surface area contributed by atoms with Crippen LogP contribution in [0.5, 0.6) is 0 Å². The number of halogens is 4. The number of amides is 1. The normalized spacial score (nSPS) is 11.8. The Morgan fingerprint density at radius 2 is 1.78 bits per heavy atom. The van der Waals surface area contributed by atoms with E-state index in [1.165, 1.54) is 13.0 Å². The van der Waals surface area contributed by atoms with Crippen molar-refractivity contribution in [3.05, 3.63) is 81.2 Å². The number of benzene rings is 2. The summed E-state index contributed by atoms with van der Waals surface area (Å²) >= 11 is 6.49. The van der Waals surface area contributed by atoms with Crippen LogP contribution in [-0.2, 0) is 27.4 Å². The summed E-state index contributed by atoms with van der Waals surface area (Å²) in [6.07, 6.45) is -4.33. The van der Waals surface area contributed by atoms with E-state index >= 15 is 0 Å². The molecule has 0 atom stereocenters. The van der Waals surface area contributed by atoms with Crippen LogP contribution in [0.3, 0.4) is 0 Å². The molecule has 0 bridgehead atoms. The molecule has 1 amide bonds. The van der Waals surface area contributed by atoms with E-state index in [0.717, 1.165) is 22.6 Å². The van der Waals surface area contributed by atoms with Gasteiger partial charge in [0, 0.05) is 6.54 Å². The van der Waals surface area contributed by atoms with E-state index in [1.54, 1.807) is 0 Å². The van der Waals surface area contributed by atoms with Crippen molar-refractivity contribution >= 4 is 50.5 Å². The van der Waals surface area contributed by atoms with Crippen LogP contribution in [0.25, 0.3) is 0 Å². The molecule has 0 saturated carbocycles. The number of anilines is 1. The average Bonchev–Trinajstić information content (AvgIpc) is 3.20. The van der Waals surface area contributed by atoms with E-state index < -0.39 is 45.9 Å². The predicted octanol–water partition coefficient (Wildman–Crippen LogP) is 5.30. The fourth-order valence-corrected chi connectivity index (χ4v) is 6.25. The highest BCUT2D eigenvalue weighted by Gasteiger charge is 2.32. The second-order valence-electron chi connectivity index (χ2n) is 7.74. The Morgan fingerprint density at radius 1 is 1.11 bits per heavy atom. The minimum absolute atomic E-state index is 0.0303. The first-order chi connectivity index (χ1) is 16.8. The highest BCUT2D eigenvalue weighted by Crippen LogP contribution is 2.36. The van der Waals surface area contributed by atoms with Crippen molar-refractivity contribution in [2.45, 2.75) is 23.7 Å². The number of aryl methyl sites for hydroxylation is 1. The minimum atomic E-state index is -4.71. The van der Waals surface area contributed by atoms with E-state index in [4.69, 9.17) is 11.6 Å². The van der Waals surface area contributed by atoms with E-state index in [9.17, 15) is 36.3 Å². The first kappa shape index (κ1) is 27.5. The number of nitrogens with one attached hydrogen (secondary N) is 1. The van der Waals surface area contributed by atoms with Gasteiger partial charge in [0.15, 0.2) is 0 Å². The molecule has 2 aromatic carbocycles. The van der Waals surface area contributed by atoms with Crippen LogP contribution < -0.4 is 4.72 Å². The zero-order valence-electron chi connectivity index (χ0n) is 18.7. The summed E-state index contributed by atoms with van der Waals surface area (Å²) in [6.45, 7) is 0.899. The van der Waals surface area contributed by atoms with Crippen LogP contribution in [0.15, 0.2) is 58.8 Å². The molecule has 0 spiro atoms. The lowest BCUT2D eigenvalue weighted by Gasteiger charge is -2.20. The Bertz CT molecular complexity index is 1380. The van der Waals surface area contributed by atoms with Crippen molar-refractivity contribution < 1.29 is 36.3 Å². The molecular formula is C23H20ClF3N2O5S2. The molecule has 3 aromatic rings. The van der Waals surface area contributed by atoms with Gasteiger partial charge in [-0.3, -0.25) is 14.3 Å². The smallest absolute Gasteiger partial charge is 0.416 e. The fourth-order valence-electron chi connectivity index (χ4n) is 3.29. The quantitative estimate of drug-likeness (QED) is 0.370. The number of carbonyl (C=O) groups is 2. The Morgan fingerprint density at radius 3 is 2.39 bits per heavy atom. The van der Waals surface area contributed by atoms with Gasteiger partial charge >= 0.3 is 12.1 Å². The maximum atomic E-state index is 13.1. The number of carboxylic acids is 1. The minimum Gasteiger partial charge on any atom is -0.480 e. The topological polar surface area (TPSA) is 104 Å². The summed E-state index contributed by atoms with van der Waals surface area (Å²) < 4.78 is 66.8. The van der Waals surface area contributed by atoms with Gasteiger partial charge in [-0.15, -0.1) is 11.3 Å². The summed E-state index contributed by atoms with van der Waals surface area (Å²) in [5.74, 6) is -1.92. The summed E-state index contributed by atoms with van der Waals surface area (Å²) in [5, 5.41) is 9.00. The summed E-state index contributed by atoms with van der Waals surface area (Å²) in [7, 11) is -4.42. The van der Waals surface area contributed by atoms with E-state index in [-0.39, 0.29) is 26.2 Å². The van der Waals surface area contributed by atoms with Gasteiger partial charge in [-0.05, 0) is 48.7 Å². The second-order valence-corrected chi connectivity index (χ2v) is 11.1. The van der Waals surface area contributed by atoms with Gasteiger partial charge in [0.1, 0.15) is 10.8 Å². The van der Waals surface area contributed by atoms with Gasteiger partial charge in [-0.2, -0.15) is 13.2 Å². The number of sulfonamides is 1. The summed E-state index contributed by atoms with van der Waals surface area (Å²) in [6, 6.07) is 12.6. The molecule has 2 N–H and O–H groups in total. The Labute approximate surface area is 214 Å². The number of rotatable bonds is 9. The number of aliphatic carboxylic acids is 1. The molecule has 0 radical (unpaired) electrons. The molecule has 1 heterocycles. The Kier molecular flexibility index (Phi) is 8.32. The fraction of sp³-hybridized carbons (Fsp3) is 0.217. The third-order valence-corrected chi connectivity index (χ3v) is 8.55. The number of thiophene rings is 1. The molecule has 0 unspecified atom stereocenters. The van der Waals surface area contributed by atoms with E-state index in [0.29, 0.717) is 23.8 Å². The Balaban J connectivity index is 1.86. The first-order valence-corrected chi connectivity index (χ1v) is 13.0. The number of nitrogens with zero attached hydrogens (tertiary/aromatic N) is 1. The number of carboxylic acid groups (broad SMARTS) is 1. The molecule has 13 heteroatoms. The van der Waals surface area contributed by atoms with Gasteiger partial charge in [-0.25, -0.2) is 8.42 Å². The van der Waals surface area contributed by atoms with Crippen LogP contribution in [0, 0.1) is 6.92 Å². The van der Waals surface area contributed by atoms with Crippen LogP contribution in [0.4, 0.5) is 18.9 Å². The van der Waals surface area contributed by atoms with Gasteiger partial charge in [-0.1, -0.05) is 41.9 Å². The van der Waals surface area contributed by atoms with Gasteiger partial charge < -0.3 is 10.0 Å². The zero-order valence-corrected chi connectivity index (χ0v) is 21.1. The summed E-state index contributed by atoms with van der Waals surface area (Å²) in [5.41, 5.74) is -0.514. The van der Waals surface area contributed by atoms with Crippen LogP contribution in [0.2, 0.25) is 5.02 Å². The third-order valence-electron chi connectivity index (χ3n) is 4.99. The molecule has 7 nitrogen and oxygen atoms in total. The SMILES string of the molecule is Cc1cc(C(=O)N(CCc2ccccc2)CC(=O)O)sc1S(=O)(=O)Nc1cc(C(F)(F)F)ccc1Cl. The Hall–Kier alpha value is -3.09.